The Morgan fingerprint density at radius 3 is 2.90 bits per heavy atom. The Balaban J connectivity index is 1.57. The van der Waals surface area contributed by atoms with Crippen molar-refractivity contribution in [1.82, 2.24) is 10.6 Å². The van der Waals surface area contributed by atoms with E-state index in [1.54, 1.807) is 6.07 Å². The summed E-state index contributed by atoms with van der Waals surface area (Å²) in [5.74, 6) is -0.338. The second-order valence-electron chi connectivity index (χ2n) is 5.29. The monoisotopic (exact) mass is 340 g/mol. The summed E-state index contributed by atoms with van der Waals surface area (Å²) < 4.78 is 13.9. The van der Waals surface area contributed by atoms with E-state index < -0.39 is 6.04 Å². The van der Waals surface area contributed by atoms with Crippen LogP contribution in [0.15, 0.2) is 22.7 Å². The fraction of sp³-hybridized carbons (Fsp3) is 0.429. The molecule has 2 amide bonds. The molecule has 0 aromatic heterocycles. The van der Waals surface area contributed by atoms with Crippen LogP contribution in [0, 0.1) is 5.82 Å². The standard InChI is InChI=1S/C14H14BrFN2O2/c15-9-2-1-7(5-10(9)16)8-6-12(8)18-14(20)11-3-4-13(19)17-11/h1-2,5,8,11-12H,3-4,6H2,(H,17,19)(H,18,20)/t8-,11-,12+/m0/s1. The lowest BCUT2D eigenvalue weighted by molar-refractivity contribution is -0.125. The van der Waals surface area contributed by atoms with E-state index in [0.717, 1.165) is 12.0 Å². The molecule has 0 unspecified atom stereocenters. The van der Waals surface area contributed by atoms with Crippen LogP contribution < -0.4 is 10.6 Å². The van der Waals surface area contributed by atoms with Crippen LogP contribution in [0.25, 0.3) is 0 Å². The molecule has 6 heteroatoms. The van der Waals surface area contributed by atoms with E-state index in [9.17, 15) is 14.0 Å². The molecular formula is C14H14BrFN2O2. The van der Waals surface area contributed by atoms with Crippen molar-refractivity contribution < 1.29 is 14.0 Å². The first-order valence-corrected chi connectivity index (χ1v) is 7.38. The molecule has 0 radical (unpaired) electrons. The Labute approximate surface area is 124 Å². The predicted octanol–water partition coefficient (Wildman–Crippen LogP) is 1.84. The lowest BCUT2D eigenvalue weighted by Crippen LogP contribution is -2.42. The Hall–Kier alpha value is -1.43. The molecule has 1 heterocycles. The summed E-state index contributed by atoms with van der Waals surface area (Å²) in [6, 6.07) is 4.67. The third-order valence-corrected chi connectivity index (χ3v) is 4.44. The van der Waals surface area contributed by atoms with E-state index in [1.807, 2.05) is 6.07 Å². The Bertz CT molecular complexity index is 578. The van der Waals surface area contributed by atoms with Crippen molar-refractivity contribution in [3.8, 4) is 0 Å². The lowest BCUT2D eigenvalue weighted by Gasteiger charge is -2.10. The van der Waals surface area contributed by atoms with Gasteiger partial charge in [-0.3, -0.25) is 9.59 Å². The van der Waals surface area contributed by atoms with Crippen LogP contribution in [0.1, 0.15) is 30.7 Å². The Morgan fingerprint density at radius 2 is 2.25 bits per heavy atom. The largest absolute Gasteiger partial charge is 0.351 e. The van der Waals surface area contributed by atoms with Gasteiger partial charge in [0.05, 0.1) is 4.47 Å². The fourth-order valence-corrected chi connectivity index (χ4v) is 2.81. The molecule has 20 heavy (non-hydrogen) atoms. The Kier molecular flexibility index (Phi) is 3.50. The molecule has 2 fully saturated rings. The quantitative estimate of drug-likeness (QED) is 0.882. The summed E-state index contributed by atoms with van der Waals surface area (Å²) in [7, 11) is 0. The zero-order chi connectivity index (χ0) is 14.3. The van der Waals surface area contributed by atoms with Gasteiger partial charge in [-0.1, -0.05) is 6.07 Å². The molecule has 0 spiro atoms. The molecule has 1 aliphatic carbocycles. The van der Waals surface area contributed by atoms with Crippen molar-refractivity contribution in [2.75, 3.05) is 0 Å². The second kappa shape index (κ2) is 5.16. The molecule has 2 N–H and O–H groups in total. The number of carbonyl (C=O) groups excluding carboxylic acids is 2. The number of halogens is 2. The lowest BCUT2D eigenvalue weighted by atomic mass is 10.1. The molecular weight excluding hydrogens is 327 g/mol. The number of benzene rings is 1. The van der Waals surface area contributed by atoms with Gasteiger partial charge in [-0.05, 0) is 46.5 Å². The van der Waals surface area contributed by atoms with Gasteiger partial charge in [0.15, 0.2) is 0 Å². The first-order valence-electron chi connectivity index (χ1n) is 6.59. The van der Waals surface area contributed by atoms with Crippen molar-refractivity contribution in [2.24, 2.45) is 0 Å². The average molecular weight is 341 g/mol. The van der Waals surface area contributed by atoms with Crippen molar-refractivity contribution >= 4 is 27.7 Å². The van der Waals surface area contributed by atoms with E-state index in [1.165, 1.54) is 6.07 Å². The molecule has 1 aliphatic heterocycles. The molecule has 0 bridgehead atoms. The predicted molar refractivity (Wildman–Crippen MR) is 74.6 cm³/mol. The van der Waals surface area contributed by atoms with Gasteiger partial charge in [0.1, 0.15) is 11.9 Å². The maximum Gasteiger partial charge on any atom is 0.242 e. The molecule has 1 saturated heterocycles. The van der Waals surface area contributed by atoms with Gasteiger partial charge in [-0.2, -0.15) is 0 Å². The normalized spacial score (nSPS) is 28.1. The smallest absolute Gasteiger partial charge is 0.242 e. The van der Waals surface area contributed by atoms with Crippen LogP contribution in [0.5, 0.6) is 0 Å². The van der Waals surface area contributed by atoms with Crippen molar-refractivity contribution in [1.29, 1.82) is 0 Å². The zero-order valence-corrected chi connectivity index (χ0v) is 12.2. The van der Waals surface area contributed by atoms with Crippen molar-refractivity contribution in [2.45, 2.75) is 37.3 Å². The number of carbonyl (C=O) groups is 2. The number of amides is 2. The minimum atomic E-state index is -0.412. The highest BCUT2D eigenvalue weighted by Crippen LogP contribution is 2.41. The third-order valence-electron chi connectivity index (χ3n) is 3.80. The molecule has 1 saturated carbocycles. The van der Waals surface area contributed by atoms with Crippen molar-refractivity contribution in [3.63, 3.8) is 0 Å². The van der Waals surface area contributed by atoms with Gasteiger partial charge in [0.2, 0.25) is 11.8 Å². The van der Waals surface area contributed by atoms with Crippen LogP contribution in [-0.4, -0.2) is 23.9 Å². The van der Waals surface area contributed by atoms with Gasteiger partial charge in [-0.25, -0.2) is 4.39 Å². The highest BCUT2D eigenvalue weighted by atomic mass is 79.9. The average Bonchev–Trinajstić information content (AvgIpc) is 3.03. The van der Waals surface area contributed by atoms with Crippen LogP contribution in [0.2, 0.25) is 0 Å². The fourth-order valence-electron chi connectivity index (χ4n) is 2.56. The maximum atomic E-state index is 13.5. The summed E-state index contributed by atoms with van der Waals surface area (Å²) in [5, 5.41) is 5.55. The third kappa shape index (κ3) is 2.70. The van der Waals surface area contributed by atoms with E-state index in [0.29, 0.717) is 17.3 Å². The summed E-state index contributed by atoms with van der Waals surface area (Å²) in [6.07, 6.45) is 1.77. The first-order chi connectivity index (χ1) is 9.54. The minimum absolute atomic E-state index is 0.0422. The van der Waals surface area contributed by atoms with Crippen LogP contribution >= 0.6 is 15.9 Å². The topological polar surface area (TPSA) is 58.2 Å². The summed E-state index contributed by atoms with van der Waals surface area (Å²) in [5.41, 5.74) is 0.895. The highest BCUT2D eigenvalue weighted by Gasteiger charge is 2.41. The number of hydrogen-bond acceptors (Lipinski definition) is 2. The van der Waals surface area contributed by atoms with Gasteiger partial charge >= 0.3 is 0 Å². The van der Waals surface area contributed by atoms with Gasteiger partial charge in [0.25, 0.3) is 0 Å². The summed E-state index contributed by atoms with van der Waals surface area (Å²) in [4.78, 5) is 23.0. The van der Waals surface area contributed by atoms with Gasteiger partial charge in [0, 0.05) is 18.4 Å². The van der Waals surface area contributed by atoms with Crippen LogP contribution in [-0.2, 0) is 9.59 Å². The van der Waals surface area contributed by atoms with Gasteiger partial charge in [-0.15, -0.1) is 0 Å². The van der Waals surface area contributed by atoms with E-state index >= 15 is 0 Å². The highest BCUT2D eigenvalue weighted by molar-refractivity contribution is 9.10. The Morgan fingerprint density at radius 1 is 1.45 bits per heavy atom. The number of rotatable bonds is 3. The molecule has 2 aliphatic rings. The number of hydrogen-bond donors (Lipinski definition) is 2. The van der Waals surface area contributed by atoms with E-state index in [4.69, 9.17) is 0 Å². The molecule has 1 aromatic rings. The van der Waals surface area contributed by atoms with Crippen molar-refractivity contribution in [3.05, 3.63) is 34.1 Å². The van der Waals surface area contributed by atoms with Crippen LogP contribution in [0.3, 0.4) is 0 Å². The van der Waals surface area contributed by atoms with E-state index in [-0.39, 0.29) is 29.6 Å². The number of nitrogens with one attached hydrogen (secondary N) is 2. The summed E-state index contributed by atoms with van der Waals surface area (Å²) in [6.45, 7) is 0. The molecule has 3 rings (SSSR count). The minimum Gasteiger partial charge on any atom is -0.351 e. The molecule has 1 aromatic carbocycles. The molecule has 106 valence electrons. The first kappa shape index (κ1) is 13.5. The molecule has 4 nitrogen and oxygen atoms in total. The summed E-state index contributed by atoms with van der Waals surface area (Å²) >= 11 is 3.12. The zero-order valence-electron chi connectivity index (χ0n) is 10.7. The maximum absolute atomic E-state index is 13.5. The second-order valence-corrected chi connectivity index (χ2v) is 6.14. The van der Waals surface area contributed by atoms with Crippen LogP contribution in [0.4, 0.5) is 4.39 Å². The van der Waals surface area contributed by atoms with E-state index in [2.05, 4.69) is 26.6 Å². The SMILES string of the molecule is O=C1CC[C@@H](C(=O)N[C@@H]2C[C@H]2c2ccc(Br)c(F)c2)N1. The molecule has 3 atom stereocenters. The van der Waals surface area contributed by atoms with Gasteiger partial charge < -0.3 is 10.6 Å².